The molecule has 0 atom stereocenters. The lowest BCUT2D eigenvalue weighted by molar-refractivity contribution is 0.955. The molecule has 1 heterocycles. The van der Waals surface area contributed by atoms with Crippen LogP contribution in [0.2, 0.25) is 0 Å². The molecule has 0 saturated carbocycles. The fourth-order valence-corrected chi connectivity index (χ4v) is 2.70. The van der Waals surface area contributed by atoms with Crippen molar-refractivity contribution in [2.24, 2.45) is 7.05 Å². The minimum Gasteiger partial charge on any atom is -0.327 e. The Balaban J connectivity index is 2.39. The van der Waals surface area contributed by atoms with Crippen LogP contribution in [0.3, 0.4) is 0 Å². The second kappa shape index (κ2) is 4.50. The van der Waals surface area contributed by atoms with Crippen molar-refractivity contribution in [1.82, 2.24) is 9.55 Å². The average molecular weight is 261 g/mol. The summed E-state index contributed by atoms with van der Waals surface area (Å²) in [6.45, 7) is 4.18. The van der Waals surface area contributed by atoms with Crippen LogP contribution in [0.1, 0.15) is 16.7 Å². The molecule has 0 aliphatic heterocycles. The van der Waals surface area contributed by atoms with Gasteiger partial charge in [0.05, 0.1) is 11.1 Å². The maximum absolute atomic E-state index is 9.22. The molecule has 1 aromatic heterocycles. The highest BCUT2D eigenvalue weighted by Crippen LogP contribution is 2.29. The van der Waals surface area contributed by atoms with E-state index in [4.69, 9.17) is 4.98 Å². The predicted molar refractivity (Wildman–Crippen MR) is 80.3 cm³/mol. The van der Waals surface area contributed by atoms with Gasteiger partial charge in [-0.3, -0.25) is 0 Å². The van der Waals surface area contributed by atoms with Crippen LogP contribution in [-0.4, -0.2) is 9.55 Å². The van der Waals surface area contributed by atoms with Crippen LogP contribution in [0.5, 0.6) is 0 Å². The maximum Gasteiger partial charge on any atom is 0.141 e. The number of aryl methyl sites for hydroxylation is 3. The summed E-state index contributed by atoms with van der Waals surface area (Å²) in [6.07, 6.45) is 0. The monoisotopic (exact) mass is 261 g/mol. The van der Waals surface area contributed by atoms with Gasteiger partial charge in [-0.2, -0.15) is 5.26 Å². The number of hydrogen-bond donors (Lipinski definition) is 0. The van der Waals surface area contributed by atoms with Gasteiger partial charge < -0.3 is 4.57 Å². The first-order chi connectivity index (χ1) is 9.63. The fourth-order valence-electron chi connectivity index (χ4n) is 2.70. The summed E-state index contributed by atoms with van der Waals surface area (Å²) < 4.78 is 2.06. The maximum atomic E-state index is 9.22. The molecule has 0 aliphatic rings. The topological polar surface area (TPSA) is 41.6 Å². The van der Waals surface area contributed by atoms with Crippen molar-refractivity contribution >= 4 is 11.0 Å². The van der Waals surface area contributed by atoms with Crippen LogP contribution in [0, 0.1) is 25.2 Å². The number of nitriles is 1. The van der Waals surface area contributed by atoms with Crippen molar-refractivity contribution < 1.29 is 0 Å². The van der Waals surface area contributed by atoms with Gasteiger partial charge in [0.2, 0.25) is 0 Å². The molecule has 20 heavy (non-hydrogen) atoms. The molecule has 0 spiro atoms. The van der Waals surface area contributed by atoms with E-state index in [0.29, 0.717) is 5.56 Å². The Hall–Kier alpha value is -2.60. The molecule has 3 aromatic rings. The number of imidazole rings is 1. The molecule has 0 saturated heterocycles. The summed E-state index contributed by atoms with van der Waals surface area (Å²) in [5.74, 6) is 0.915. The van der Waals surface area contributed by atoms with Crippen LogP contribution in [0.15, 0.2) is 36.4 Å². The van der Waals surface area contributed by atoms with E-state index in [-0.39, 0.29) is 0 Å². The molecule has 3 heteroatoms. The van der Waals surface area contributed by atoms with E-state index in [2.05, 4.69) is 42.7 Å². The lowest BCUT2D eigenvalue weighted by Crippen LogP contribution is -1.96. The van der Waals surface area contributed by atoms with Crippen molar-refractivity contribution in [3.63, 3.8) is 0 Å². The van der Waals surface area contributed by atoms with Gasteiger partial charge in [0.15, 0.2) is 0 Å². The molecule has 2 aromatic carbocycles. The highest BCUT2D eigenvalue weighted by molar-refractivity contribution is 5.86. The molecule has 0 fully saturated rings. The van der Waals surface area contributed by atoms with Gasteiger partial charge >= 0.3 is 0 Å². The molecular formula is C17H15N3. The van der Waals surface area contributed by atoms with E-state index in [1.165, 1.54) is 11.1 Å². The third kappa shape index (κ3) is 1.70. The number of rotatable bonds is 1. The van der Waals surface area contributed by atoms with Gasteiger partial charge in [-0.25, -0.2) is 4.98 Å². The number of benzene rings is 2. The van der Waals surface area contributed by atoms with Crippen LogP contribution < -0.4 is 0 Å². The van der Waals surface area contributed by atoms with E-state index in [1.807, 2.05) is 25.2 Å². The van der Waals surface area contributed by atoms with Gasteiger partial charge in [-0.1, -0.05) is 24.3 Å². The second-order valence-electron chi connectivity index (χ2n) is 5.05. The quantitative estimate of drug-likeness (QED) is 0.669. The Morgan fingerprint density at radius 1 is 1.05 bits per heavy atom. The zero-order valence-corrected chi connectivity index (χ0v) is 11.8. The molecular weight excluding hydrogens is 246 g/mol. The van der Waals surface area contributed by atoms with Crippen LogP contribution in [-0.2, 0) is 7.05 Å². The molecule has 3 rings (SSSR count). The van der Waals surface area contributed by atoms with E-state index in [0.717, 1.165) is 22.4 Å². The number of hydrogen-bond acceptors (Lipinski definition) is 2. The van der Waals surface area contributed by atoms with E-state index >= 15 is 0 Å². The molecule has 3 nitrogen and oxygen atoms in total. The summed E-state index contributed by atoms with van der Waals surface area (Å²) in [6, 6.07) is 14.2. The SMILES string of the molecule is Cc1cccc(C)c1-c1nc2c(C#N)cccc2n1C. The third-order valence-electron chi connectivity index (χ3n) is 3.74. The lowest BCUT2D eigenvalue weighted by atomic mass is 10.0. The first kappa shape index (κ1) is 12.4. The minimum atomic E-state index is 0.621. The zero-order chi connectivity index (χ0) is 14.3. The summed E-state index contributed by atoms with van der Waals surface area (Å²) in [5.41, 5.74) is 5.92. The second-order valence-corrected chi connectivity index (χ2v) is 5.05. The van der Waals surface area contributed by atoms with Crippen molar-refractivity contribution in [2.75, 3.05) is 0 Å². The average Bonchev–Trinajstić information content (AvgIpc) is 2.76. The van der Waals surface area contributed by atoms with Gasteiger partial charge in [0, 0.05) is 12.6 Å². The van der Waals surface area contributed by atoms with Gasteiger partial charge in [-0.15, -0.1) is 0 Å². The molecule has 98 valence electrons. The van der Waals surface area contributed by atoms with Crippen LogP contribution >= 0.6 is 0 Å². The van der Waals surface area contributed by atoms with Crippen LogP contribution in [0.4, 0.5) is 0 Å². The summed E-state index contributed by atoms with van der Waals surface area (Å²) in [5, 5.41) is 9.22. The first-order valence-corrected chi connectivity index (χ1v) is 6.55. The summed E-state index contributed by atoms with van der Waals surface area (Å²) >= 11 is 0. The van der Waals surface area contributed by atoms with E-state index < -0.39 is 0 Å². The Kier molecular flexibility index (Phi) is 2.80. The normalized spacial score (nSPS) is 10.7. The summed E-state index contributed by atoms with van der Waals surface area (Å²) in [7, 11) is 2.00. The molecule has 0 bridgehead atoms. The Labute approximate surface area is 118 Å². The molecule has 0 N–H and O–H groups in total. The molecule has 0 aliphatic carbocycles. The predicted octanol–water partition coefficient (Wildman–Crippen LogP) is 3.73. The highest BCUT2D eigenvalue weighted by Gasteiger charge is 2.15. The molecule has 0 amide bonds. The van der Waals surface area contributed by atoms with Crippen molar-refractivity contribution in [3.05, 3.63) is 53.1 Å². The highest BCUT2D eigenvalue weighted by atomic mass is 15.1. The van der Waals surface area contributed by atoms with Gasteiger partial charge in [0.25, 0.3) is 0 Å². The van der Waals surface area contributed by atoms with Crippen molar-refractivity contribution in [2.45, 2.75) is 13.8 Å². The lowest BCUT2D eigenvalue weighted by Gasteiger charge is -2.09. The van der Waals surface area contributed by atoms with Gasteiger partial charge in [0.1, 0.15) is 17.4 Å². The Bertz CT molecular complexity index is 830. The summed E-state index contributed by atoms with van der Waals surface area (Å²) in [4.78, 5) is 4.72. The van der Waals surface area contributed by atoms with Crippen molar-refractivity contribution in [3.8, 4) is 17.5 Å². The number of fused-ring (bicyclic) bond motifs is 1. The number of aromatic nitrogens is 2. The molecule has 0 radical (unpaired) electrons. The number of para-hydroxylation sites is 1. The molecule has 0 unspecified atom stereocenters. The van der Waals surface area contributed by atoms with Gasteiger partial charge in [-0.05, 0) is 37.1 Å². The first-order valence-electron chi connectivity index (χ1n) is 6.55. The smallest absolute Gasteiger partial charge is 0.141 e. The Morgan fingerprint density at radius 2 is 1.70 bits per heavy atom. The number of nitrogens with zero attached hydrogens (tertiary/aromatic N) is 3. The zero-order valence-electron chi connectivity index (χ0n) is 11.8. The largest absolute Gasteiger partial charge is 0.327 e. The van der Waals surface area contributed by atoms with E-state index in [9.17, 15) is 5.26 Å². The fraction of sp³-hybridized carbons (Fsp3) is 0.176. The van der Waals surface area contributed by atoms with Crippen molar-refractivity contribution in [1.29, 1.82) is 5.26 Å². The third-order valence-corrected chi connectivity index (χ3v) is 3.74. The van der Waals surface area contributed by atoms with E-state index in [1.54, 1.807) is 0 Å². The van der Waals surface area contributed by atoms with Crippen LogP contribution in [0.25, 0.3) is 22.4 Å². The standard InChI is InChI=1S/C17H15N3/c1-11-6-4-7-12(2)15(11)17-19-16-13(10-18)8-5-9-14(16)20(17)3/h4-9H,1-3H3. The minimum absolute atomic E-state index is 0.621. The Morgan fingerprint density at radius 3 is 2.35 bits per heavy atom.